The van der Waals surface area contributed by atoms with Crippen LogP contribution >= 0.6 is 0 Å². The lowest BCUT2D eigenvalue weighted by Crippen LogP contribution is -2.42. The second kappa shape index (κ2) is 15.9. The summed E-state index contributed by atoms with van der Waals surface area (Å²) in [6, 6.07) is 27.0. The number of aryl methyl sites for hydroxylation is 2. The Morgan fingerprint density at radius 2 is 1.14 bits per heavy atom. The summed E-state index contributed by atoms with van der Waals surface area (Å²) in [5, 5.41) is 0. The largest absolute Gasteiger partial charge is 0.444 e. The summed E-state index contributed by atoms with van der Waals surface area (Å²) in [6.07, 6.45) is 9.21. The second-order valence-electron chi connectivity index (χ2n) is 14.5. The minimum absolute atomic E-state index is 0.0657. The van der Waals surface area contributed by atoms with Gasteiger partial charge in [0, 0.05) is 68.3 Å². The fourth-order valence-corrected chi connectivity index (χ4v) is 7.08. The molecule has 50 heavy (non-hydrogen) atoms. The van der Waals surface area contributed by atoms with Gasteiger partial charge in [0.2, 0.25) is 0 Å². The molecule has 3 amide bonds. The van der Waals surface area contributed by atoms with E-state index in [0.29, 0.717) is 19.5 Å². The molecule has 0 atom stereocenters. The molecule has 3 aromatic rings. The first-order chi connectivity index (χ1) is 24.2. The van der Waals surface area contributed by atoms with Crippen LogP contribution in [0.5, 0.6) is 0 Å². The minimum atomic E-state index is -0.506. The quantitative estimate of drug-likeness (QED) is 0.290. The predicted molar refractivity (Wildman–Crippen MR) is 199 cm³/mol. The highest BCUT2D eigenvalue weighted by Gasteiger charge is 2.30. The van der Waals surface area contributed by atoms with Crippen LogP contribution in [-0.4, -0.2) is 72.6 Å². The Hall–Kier alpha value is -4.69. The number of benzene rings is 3. The van der Waals surface area contributed by atoms with Gasteiger partial charge in [0.05, 0.1) is 0 Å². The first-order valence-electron chi connectivity index (χ1n) is 18.1. The predicted octanol–water partition coefficient (Wildman–Crippen LogP) is 7.33. The molecule has 0 fully saturated rings. The van der Waals surface area contributed by atoms with E-state index in [1.54, 1.807) is 4.90 Å². The number of para-hydroxylation sites is 2. The highest BCUT2D eigenvalue weighted by atomic mass is 16.6. The molecular weight excluding hydrogens is 624 g/mol. The molecule has 0 aromatic heterocycles. The van der Waals surface area contributed by atoms with Crippen LogP contribution in [0.1, 0.15) is 63.1 Å². The van der Waals surface area contributed by atoms with Gasteiger partial charge in [-0.2, -0.15) is 0 Å². The third-order valence-electron chi connectivity index (χ3n) is 9.66. The van der Waals surface area contributed by atoms with E-state index < -0.39 is 5.60 Å². The Morgan fingerprint density at radius 3 is 1.64 bits per heavy atom. The van der Waals surface area contributed by atoms with Crippen molar-refractivity contribution in [2.24, 2.45) is 0 Å². The first kappa shape index (κ1) is 35.1. The lowest BCUT2D eigenvalue weighted by Gasteiger charge is -2.33. The number of amides is 3. The van der Waals surface area contributed by atoms with Gasteiger partial charge in [-0.05, 0) is 88.1 Å². The lowest BCUT2D eigenvalue weighted by atomic mass is 9.99. The lowest BCUT2D eigenvalue weighted by molar-refractivity contribution is -0.116. The number of ether oxygens (including phenoxy) is 1. The number of hydrogen-bond donors (Lipinski definition) is 0. The molecule has 0 radical (unpaired) electrons. The van der Waals surface area contributed by atoms with Crippen molar-refractivity contribution in [3.05, 3.63) is 119 Å². The SMILES string of the molecule is CC(C)(C)OC(=O)N1CC=C(C(=O)N2CCCc3ccccc32)CC1.O=C(C1=CCN(Cc2ccccc2)CC1)N1CCCc2ccccc21. The molecule has 4 aliphatic rings. The van der Waals surface area contributed by atoms with E-state index >= 15 is 0 Å². The van der Waals surface area contributed by atoms with Gasteiger partial charge in [0.1, 0.15) is 5.60 Å². The van der Waals surface area contributed by atoms with Gasteiger partial charge in [-0.3, -0.25) is 14.5 Å². The van der Waals surface area contributed by atoms with Crippen molar-refractivity contribution >= 4 is 29.3 Å². The maximum absolute atomic E-state index is 13.0. The number of hydrogen-bond acceptors (Lipinski definition) is 5. The van der Waals surface area contributed by atoms with Crippen molar-refractivity contribution in [1.82, 2.24) is 9.80 Å². The molecule has 8 nitrogen and oxygen atoms in total. The van der Waals surface area contributed by atoms with Crippen LogP contribution in [-0.2, 0) is 33.7 Å². The molecule has 262 valence electrons. The van der Waals surface area contributed by atoms with E-state index in [1.165, 1.54) is 16.7 Å². The van der Waals surface area contributed by atoms with Gasteiger partial charge in [-0.15, -0.1) is 0 Å². The van der Waals surface area contributed by atoms with Crippen molar-refractivity contribution in [1.29, 1.82) is 0 Å². The zero-order chi connectivity index (χ0) is 35.1. The molecule has 7 rings (SSSR count). The van der Waals surface area contributed by atoms with Crippen LogP contribution in [0.4, 0.5) is 16.2 Å². The summed E-state index contributed by atoms with van der Waals surface area (Å²) >= 11 is 0. The summed E-state index contributed by atoms with van der Waals surface area (Å²) in [4.78, 5) is 46.0. The fraction of sp³-hybridized carbons (Fsp3) is 0.405. The molecule has 3 aromatic carbocycles. The number of rotatable bonds is 4. The monoisotopic (exact) mass is 674 g/mol. The molecule has 0 saturated heterocycles. The summed E-state index contributed by atoms with van der Waals surface area (Å²) in [7, 11) is 0. The molecule has 0 unspecified atom stereocenters. The Kier molecular flexibility index (Phi) is 11.2. The molecule has 4 aliphatic heterocycles. The van der Waals surface area contributed by atoms with E-state index in [-0.39, 0.29) is 17.9 Å². The van der Waals surface area contributed by atoms with Gasteiger partial charge in [0.15, 0.2) is 0 Å². The van der Waals surface area contributed by atoms with Gasteiger partial charge in [-0.25, -0.2) is 4.79 Å². The Bertz CT molecular complexity index is 1740. The number of carbonyl (C=O) groups is 3. The van der Waals surface area contributed by atoms with E-state index in [0.717, 1.165) is 87.3 Å². The molecule has 0 bridgehead atoms. The molecule has 0 spiro atoms. The number of carbonyl (C=O) groups excluding carboxylic acids is 3. The summed E-state index contributed by atoms with van der Waals surface area (Å²) in [5.41, 5.74) is 7.24. The van der Waals surface area contributed by atoms with Gasteiger partial charge < -0.3 is 19.4 Å². The fourth-order valence-electron chi connectivity index (χ4n) is 7.08. The van der Waals surface area contributed by atoms with Gasteiger partial charge in [0.25, 0.3) is 11.8 Å². The van der Waals surface area contributed by atoms with Crippen LogP contribution in [0.25, 0.3) is 0 Å². The number of anilines is 2. The summed E-state index contributed by atoms with van der Waals surface area (Å²) < 4.78 is 5.40. The molecular formula is C42H50N4O4. The number of nitrogens with zero attached hydrogens (tertiary/aromatic N) is 4. The second-order valence-corrected chi connectivity index (χ2v) is 14.5. The highest BCUT2D eigenvalue weighted by Crippen LogP contribution is 2.30. The van der Waals surface area contributed by atoms with Gasteiger partial charge >= 0.3 is 6.09 Å². The van der Waals surface area contributed by atoms with E-state index in [4.69, 9.17) is 4.74 Å². The summed E-state index contributed by atoms with van der Waals surface area (Å²) in [5.74, 6) is 0.266. The summed E-state index contributed by atoms with van der Waals surface area (Å²) in [6.45, 7) is 10.8. The van der Waals surface area contributed by atoms with Crippen molar-refractivity contribution in [3.8, 4) is 0 Å². The van der Waals surface area contributed by atoms with E-state index in [9.17, 15) is 14.4 Å². The van der Waals surface area contributed by atoms with Crippen molar-refractivity contribution in [3.63, 3.8) is 0 Å². The maximum Gasteiger partial charge on any atom is 0.410 e. The van der Waals surface area contributed by atoms with Crippen molar-refractivity contribution in [2.75, 3.05) is 49.1 Å². The standard InChI is InChI=1S/C22H24N2O.C20H26N2O3/c25-22(24-14-6-10-19-9-4-5-11-21(19)24)20-12-15-23(16-13-20)17-18-7-2-1-3-8-18;1-20(2,3)25-19(24)21-13-10-16(11-14-21)18(23)22-12-6-8-15-7-4-5-9-17(15)22/h1-5,7-9,11-12H,6,10,13-17H2;4-5,7,9-10H,6,8,11-14H2,1-3H3. The van der Waals surface area contributed by atoms with Crippen LogP contribution in [0.15, 0.2) is 102 Å². The highest BCUT2D eigenvalue weighted by molar-refractivity contribution is 6.07. The van der Waals surface area contributed by atoms with Crippen LogP contribution < -0.4 is 9.80 Å². The molecule has 4 heterocycles. The average Bonchev–Trinajstić information content (AvgIpc) is 3.14. The number of fused-ring (bicyclic) bond motifs is 2. The first-order valence-corrected chi connectivity index (χ1v) is 18.1. The molecule has 8 heteroatoms. The molecule has 0 N–H and O–H groups in total. The third kappa shape index (κ3) is 8.72. The van der Waals surface area contributed by atoms with Crippen LogP contribution in [0.3, 0.4) is 0 Å². The Morgan fingerprint density at radius 1 is 0.620 bits per heavy atom. The van der Waals surface area contributed by atoms with Gasteiger partial charge in [-0.1, -0.05) is 78.9 Å². The zero-order valence-electron chi connectivity index (χ0n) is 29.8. The topological polar surface area (TPSA) is 73.4 Å². The minimum Gasteiger partial charge on any atom is -0.444 e. The van der Waals surface area contributed by atoms with Crippen LogP contribution in [0.2, 0.25) is 0 Å². The van der Waals surface area contributed by atoms with Crippen LogP contribution in [0, 0.1) is 0 Å². The Balaban J connectivity index is 0.000000173. The zero-order valence-corrected chi connectivity index (χ0v) is 29.8. The normalized spacial score (nSPS) is 17.7. The Labute approximate surface area is 297 Å². The molecule has 0 aliphatic carbocycles. The maximum atomic E-state index is 13.0. The van der Waals surface area contributed by atoms with E-state index in [1.807, 2.05) is 67.0 Å². The third-order valence-corrected chi connectivity index (χ3v) is 9.66. The van der Waals surface area contributed by atoms with Crippen molar-refractivity contribution in [2.45, 2.75) is 71.4 Å². The van der Waals surface area contributed by atoms with E-state index in [2.05, 4.69) is 59.5 Å². The van der Waals surface area contributed by atoms with Crippen molar-refractivity contribution < 1.29 is 19.1 Å². The molecule has 0 saturated carbocycles. The average molecular weight is 675 g/mol. The smallest absolute Gasteiger partial charge is 0.410 e.